The maximum Gasteiger partial charge on any atom is 0.231 e. The van der Waals surface area contributed by atoms with Crippen molar-refractivity contribution in [2.45, 2.75) is 45.1 Å². The third-order valence-corrected chi connectivity index (χ3v) is 4.10. The number of carbonyl (C=O) groups is 1. The summed E-state index contributed by atoms with van der Waals surface area (Å²) in [5.74, 6) is 1.39. The van der Waals surface area contributed by atoms with Crippen LogP contribution in [0.3, 0.4) is 0 Å². The van der Waals surface area contributed by atoms with Crippen molar-refractivity contribution in [3.8, 4) is 0 Å². The van der Waals surface area contributed by atoms with Crippen molar-refractivity contribution in [3.05, 3.63) is 0 Å². The molecular formula is C12H22N2O. The van der Waals surface area contributed by atoms with Crippen LogP contribution in [0.1, 0.15) is 39.0 Å². The Kier molecular flexibility index (Phi) is 3.29. The molecule has 2 N–H and O–H groups in total. The van der Waals surface area contributed by atoms with Gasteiger partial charge < -0.3 is 5.73 Å². The number of likely N-dealkylation sites (tertiary alicyclic amines) is 1. The smallest absolute Gasteiger partial charge is 0.231 e. The number of piperidine rings is 1. The molecule has 3 unspecified atom stereocenters. The maximum atomic E-state index is 11.0. The normalized spacial score (nSPS) is 37.3. The van der Waals surface area contributed by atoms with Crippen molar-refractivity contribution in [2.75, 3.05) is 13.1 Å². The molecule has 1 amide bonds. The van der Waals surface area contributed by atoms with Crippen molar-refractivity contribution >= 4 is 5.91 Å². The SMILES string of the molecule is CC1CCCC2CCCN(CC(N)=O)C12. The van der Waals surface area contributed by atoms with Crippen molar-refractivity contribution in [1.82, 2.24) is 4.90 Å². The van der Waals surface area contributed by atoms with Crippen LogP contribution in [0.25, 0.3) is 0 Å². The quantitative estimate of drug-likeness (QED) is 0.748. The molecule has 0 aromatic carbocycles. The van der Waals surface area contributed by atoms with Gasteiger partial charge in [0.15, 0.2) is 0 Å². The number of nitrogens with two attached hydrogens (primary N) is 1. The van der Waals surface area contributed by atoms with Crippen LogP contribution >= 0.6 is 0 Å². The number of hydrogen-bond acceptors (Lipinski definition) is 2. The summed E-state index contributed by atoms with van der Waals surface area (Å²) in [6.07, 6.45) is 6.62. The average Bonchev–Trinajstić information content (AvgIpc) is 2.17. The molecule has 1 saturated carbocycles. The molecule has 86 valence electrons. The molecule has 0 aromatic heterocycles. The fourth-order valence-corrected chi connectivity index (χ4v) is 3.57. The van der Waals surface area contributed by atoms with E-state index in [9.17, 15) is 4.79 Å². The Bertz CT molecular complexity index is 240. The Labute approximate surface area is 92.0 Å². The number of carbonyl (C=O) groups excluding carboxylic acids is 1. The van der Waals surface area contributed by atoms with Crippen LogP contribution < -0.4 is 5.73 Å². The zero-order chi connectivity index (χ0) is 10.8. The molecule has 0 bridgehead atoms. The molecule has 2 aliphatic rings. The fourth-order valence-electron chi connectivity index (χ4n) is 3.57. The summed E-state index contributed by atoms with van der Waals surface area (Å²) in [6.45, 7) is 3.86. The third kappa shape index (κ3) is 2.33. The summed E-state index contributed by atoms with van der Waals surface area (Å²) in [5.41, 5.74) is 5.31. The minimum Gasteiger partial charge on any atom is -0.369 e. The standard InChI is InChI=1S/C12H22N2O/c1-9-4-2-5-10-6-3-7-14(12(9)10)8-11(13)15/h9-10,12H,2-8H2,1H3,(H2,13,15). The van der Waals surface area contributed by atoms with Gasteiger partial charge in [-0.25, -0.2) is 0 Å². The predicted octanol–water partition coefficient (Wildman–Crippen LogP) is 1.37. The first-order valence-electron chi connectivity index (χ1n) is 6.21. The lowest BCUT2D eigenvalue weighted by Crippen LogP contribution is -2.52. The van der Waals surface area contributed by atoms with E-state index >= 15 is 0 Å². The van der Waals surface area contributed by atoms with Gasteiger partial charge >= 0.3 is 0 Å². The number of primary amides is 1. The first-order chi connectivity index (χ1) is 7.18. The van der Waals surface area contributed by atoms with E-state index in [-0.39, 0.29) is 5.91 Å². The second kappa shape index (κ2) is 4.52. The zero-order valence-electron chi connectivity index (χ0n) is 9.61. The van der Waals surface area contributed by atoms with E-state index in [0.29, 0.717) is 12.6 Å². The van der Waals surface area contributed by atoms with Crippen LogP contribution in [0, 0.1) is 11.8 Å². The highest BCUT2D eigenvalue weighted by molar-refractivity contribution is 5.76. The van der Waals surface area contributed by atoms with Crippen LogP contribution in [-0.4, -0.2) is 29.9 Å². The fraction of sp³-hybridized carbons (Fsp3) is 0.917. The second-order valence-electron chi connectivity index (χ2n) is 5.24. The Morgan fingerprint density at radius 3 is 2.80 bits per heavy atom. The average molecular weight is 210 g/mol. The number of amides is 1. The summed E-state index contributed by atoms with van der Waals surface area (Å²) < 4.78 is 0. The van der Waals surface area contributed by atoms with Crippen molar-refractivity contribution in [1.29, 1.82) is 0 Å². The Balaban J connectivity index is 2.05. The van der Waals surface area contributed by atoms with Crippen molar-refractivity contribution in [3.63, 3.8) is 0 Å². The topological polar surface area (TPSA) is 46.3 Å². The molecule has 1 heterocycles. The summed E-state index contributed by atoms with van der Waals surface area (Å²) >= 11 is 0. The van der Waals surface area contributed by atoms with Gasteiger partial charge in [-0.15, -0.1) is 0 Å². The highest BCUT2D eigenvalue weighted by Gasteiger charge is 2.37. The lowest BCUT2D eigenvalue weighted by atomic mass is 9.73. The largest absolute Gasteiger partial charge is 0.369 e. The van der Waals surface area contributed by atoms with E-state index < -0.39 is 0 Å². The first-order valence-corrected chi connectivity index (χ1v) is 6.21. The zero-order valence-corrected chi connectivity index (χ0v) is 9.61. The number of rotatable bonds is 2. The summed E-state index contributed by atoms with van der Waals surface area (Å²) in [7, 11) is 0. The molecule has 1 aliphatic heterocycles. The third-order valence-electron chi connectivity index (χ3n) is 4.10. The van der Waals surface area contributed by atoms with Crippen LogP contribution in [0.4, 0.5) is 0 Å². The molecule has 1 aliphatic carbocycles. The molecule has 0 aromatic rings. The van der Waals surface area contributed by atoms with Crippen LogP contribution in [-0.2, 0) is 4.79 Å². The van der Waals surface area contributed by atoms with Gasteiger partial charge in [0.25, 0.3) is 0 Å². The summed E-state index contributed by atoms with van der Waals surface area (Å²) in [6, 6.07) is 0.625. The second-order valence-corrected chi connectivity index (χ2v) is 5.24. The summed E-state index contributed by atoms with van der Waals surface area (Å²) in [4.78, 5) is 13.4. The number of fused-ring (bicyclic) bond motifs is 1. The van der Waals surface area contributed by atoms with Gasteiger partial charge in [-0.1, -0.05) is 13.3 Å². The molecule has 2 fully saturated rings. The van der Waals surface area contributed by atoms with Gasteiger partial charge in [-0.05, 0) is 44.1 Å². The van der Waals surface area contributed by atoms with Crippen LogP contribution in [0.5, 0.6) is 0 Å². The first kappa shape index (κ1) is 10.9. The Hall–Kier alpha value is -0.570. The molecule has 0 radical (unpaired) electrons. The molecular weight excluding hydrogens is 188 g/mol. The molecule has 2 rings (SSSR count). The Morgan fingerprint density at radius 1 is 1.33 bits per heavy atom. The van der Waals surface area contributed by atoms with Gasteiger partial charge in [0.2, 0.25) is 5.91 Å². The van der Waals surface area contributed by atoms with Gasteiger partial charge in [0.05, 0.1) is 6.54 Å². The van der Waals surface area contributed by atoms with E-state index in [1.165, 1.54) is 32.1 Å². The number of nitrogens with zero attached hydrogens (tertiary/aromatic N) is 1. The lowest BCUT2D eigenvalue weighted by Gasteiger charge is -2.47. The molecule has 3 nitrogen and oxygen atoms in total. The van der Waals surface area contributed by atoms with E-state index in [0.717, 1.165) is 18.4 Å². The highest BCUT2D eigenvalue weighted by Crippen LogP contribution is 2.38. The predicted molar refractivity (Wildman–Crippen MR) is 60.3 cm³/mol. The van der Waals surface area contributed by atoms with Gasteiger partial charge in [-0.3, -0.25) is 9.69 Å². The highest BCUT2D eigenvalue weighted by atomic mass is 16.1. The molecule has 1 saturated heterocycles. The van der Waals surface area contributed by atoms with Gasteiger partial charge in [0, 0.05) is 6.04 Å². The molecule has 15 heavy (non-hydrogen) atoms. The van der Waals surface area contributed by atoms with E-state index in [4.69, 9.17) is 5.73 Å². The van der Waals surface area contributed by atoms with Gasteiger partial charge in [0.1, 0.15) is 0 Å². The maximum absolute atomic E-state index is 11.0. The molecule has 0 spiro atoms. The van der Waals surface area contributed by atoms with E-state index in [1.807, 2.05) is 0 Å². The Morgan fingerprint density at radius 2 is 2.07 bits per heavy atom. The molecule has 3 heteroatoms. The van der Waals surface area contributed by atoms with Crippen LogP contribution in [0.15, 0.2) is 0 Å². The van der Waals surface area contributed by atoms with Gasteiger partial charge in [-0.2, -0.15) is 0 Å². The summed E-state index contributed by atoms with van der Waals surface area (Å²) in [5, 5.41) is 0. The van der Waals surface area contributed by atoms with E-state index in [2.05, 4.69) is 11.8 Å². The monoisotopic (exact) mass is 210 g/mol. The minimum atomic E-state index is -0.173. The lowest BCUT2D eigenvalue weighted by molar-refractivity contribution is -0.121. The van der Waals surface area contributed by atoms with Crippen molar-refractivity contribution in [2.24, 2.45) is 17.6 Å². The number of hydrogen-bond donors (Lipinski definition) is 1. The van der Waals surface area contributed by atoms with Crippen molar-refractivity contribution < 1.29 is 4.79 Å². The molecule has 3 atom stereocenters. The van der Waals surface area contributed by atoms with Crippen LogP contribution in [0.2, 0.25) is 0 Å². The van der Waals surface area contributed by atoms with E-state index in [1.54, 1.807) is 0 Å². The minimum absolute atomic E-state index is 0.173.